The van der Waals surface area contributed by atoms with Crippen LogP contribution in [0, 0.1) is 18.7 Å². The van der Waals surface area contributed by atoms with Crippen molar-refractivity contribution < 1.29 is 27.4 Å². The van der Waals surface area contributed by atoms with Crippen LogP contribution in [0.5, 0.6) is 5.75 Å². The van der Waals surface area contributed by atoms with Gasteiger partial charge < -0.3 is 20.1 Å². The number of aliphatic hydroxyl groups is 1. The minimum atomic E-state index is -3.98. The second-order valence-corrected chi connectivity index (χ2v) is 11.9. The molecule has 1 heterocycles. The molecule has 0 fully saturated rings. The normalized spacial score (nSPS) is 19.6. The van der Waals surface area contributed by atoms with Crippen molar-refractivity contribution in [3.8, 4) is 16.9 Å². The summed E-state index contributed by atoms with van der Waals surface area (Å²) in [7, 11) is -2.37. The zero-order valence-corrected chi connectivity index (χ0v) is 23.3. The van der Waals surface area contributed by atoms with E-state index in [4.69, 9.17) is 4.74 Å². The fraction of sp³-hybridized carbons (Fsp3) is 0.345. The lowest BCUT2D eigenvalue weighted by molar-refractivity contribution is 0.0830. The minimum absolute atomic E-state index is 0.00968. The van der Waals surface area contributed by atoms with Crippen molar-refractivity contribution >= 4 is 21.7 Å². The molecule has 0 aliphatic carbocycles. The number of benzene rings is 3. The summed E-state index contributed by atoms with van der Waals surface area (Å²) in [6.45, 7) is 5.41. The molecule has 0 unspecified atom stereocenters. The van der Waals surface area contributed by atoms with Crippen LogP contribution in [0.1, 0.15) is 19.4 Å². The smallest absolute Gasteiger partial charge is 0.321 e. The summed E-state index contributed by atoms with van der Waals surface area (Å²) in [5.41, 5.74) is 3.23. The topological polar surface area (TPSA) is 99.2 Å². The molecule has 10 heteroatoms. The zero-order valence-electron chi connectivity index (χ0n) is 22.5. The minimum Gasteiger partial charge on any atom is -0.487 e. The third kappa shape index (κ3) is 6.24. The first-order valence-corrected chi connectivity index (χ1v) is 14.2. The lowest BCUT2D eigenvalue weighted by Crippen LogP contribution is -2.50. The number of rotatable bonds is 6. The summed E-state index contributed by atoms with van der Waals surface area (Å²) < 4.78 is 48.4. The van der Waals surface area contributed by atoms with Crippen LogP contribution < -0.4 is 10.1 Å². The Morgan fingerprint density at radius 2 is 1.87 bits per heavy atom. The van der Waals surface area contributed by atoms with Crippen molar-refractivity contribution in [2.45, 2.75) is 37.8 Å². The van der Waals surface area contributed by atoms with Crippen molar-refractivity contribution in [2.24, 2.45) is 5.92 Å². The van der Waals surface area contributed by atoms with Gasteiger partial charge in [0.1, 0.15) is 22.6 Å². The number of hydrogen-bond donors (Lipinski definition) is 2. The first-order valence-electron chi connectivity index (χ1n) is 12.8. The Bertz CT molecular complexity index is 1430. The number of likely N-dealkylation sites (N-methyl/N-ethyl adjacent to an activating group) is 1. The Morgan fingerprint density at radius 3 is 2.54 bits per heavy atom. The summed E-state index contributed by atoms with van der Waals surface area (Å²) in [6, 6.07) is 17.2. The highest BCUT2D eigenvalue weighted by Crippen LogP contribution is 2.37. The molecule has 0 radical (unpaired) electrons. The van der Waals surface area contributed by atoms with E-state index in [0.29, 0.717) is 5.69 Å². The van der Waals surface area contributed by atoms with Gasteiger partial charge >= 0.3 is 6.03 Å². The molecule has 208 valence electrons. The summed E-state index contributed by atoms with van der Waals surface area (Å²) >= 11 is 0. The van der Waals surface area contributed by atoms with Gasteiger partial charge in [-0.2, -0.15) is 4.31 Å². The number of anilines is 1. The van der Waals surface area contributed by atoms with E-state index < -0.39 is 34.0 Å². The highest BCUT2D eigenvalue weighted by Gasteiger charge is 2.38. The highest BCUT2D eigenvalue weighted by atomic mass is 32.2. The molecule has 2 amide bonds. The average molecular weight is 556 g/mol. The molecule has 2 N–H and O–H groups in total. The van der Waals surface area contributed by atoms with Gasteiger partial charge in [0.15, 0.2) is 0 Å². The van der Waals surface area contributed by atoms with E-state index in [9.17, 15) is 22.7 Å². The number of aryl methyl sites for hydroxylation is 1. The number of nitrogens with zero attached hydrogens (tertiary/aromatic N) is 2. The molecule has 39 heavy (non-hydrogen) atoms. The molecule has 3 aromatic carbocycles. The molecule has 0 bridgehead atoms. The van der Waals surface area contributed by atoms with Crippen molar-refractivity contribution in [2.75, 3.05) is 32.1 Å². The second-order valence-electron chi connectivity index (χ2n) is 10.0. The number of ether oxygens (including phenoxy) is 1. The zero-order chi connectivity index (χ0) is 28.3. The van der Waals surface area contributed by atoms with Crippen molar-refractivity contribution in [1.29, 1.82) is 0 Å². The van der Waals surface area contributed by atoms with E-state index in [-0.39, 0.29) is 36.3 Å². The van der Waals surface area contributed by atoms with Gasteiger partial charge in [0.2, 0.25) is 10.0 Å². The summed E-state index contributed by atoms with van der Waals surface area (Å²) in [6.07, 6.45) is -0.566. The lowest BCUT2D eigenvalue weighted by Gasteiger charge is -2.37. The van der Waals surface area contributed by atoms with Crippen LogP contribution in [0.2, 0.25) is 0 Å². The van der Waals surface area contributed by atoms with Crippen LogP contribution in [-0.4, -0.2) is 67.7 Å². The molecule has 3 atom stereocenters. The van der Waals surface area contributed by atoms with E-state index in [1.807, 2.05) is 38.1 Å². The molecule has 0 aromatic heterocycles. The number of urea groups is 1. The van der Waals surface area contributed by atoms with Crippen molar-refractivity contribution in [3.63, 3.8) is 0 Å². The monoisotopic (exact) mass is 555 g/mol. The molecule has 4 rings (SSSR count). The second kappa shape index (κ2) is 11.7. The molecule has 8 nitrogen and oxygen atoms in total. The number of halogens is 1. The van der Waals surface area contributed by atoms with Crippen LogP contribution in [0.4, 0.5) is 14.9 Å². The van der Waals surface area contributed by atoms with E-state index in [0.717, 1.165) is 16.7 Å². The third-order valence-electron chi connectivity index (χ3n) is 7.02. The Hall–Kier alpha value is -3.47. The van der Waals surface area contributed by atoms with Gasteiger partial charge in [0, 0.05) is 31.2 Å². The largest absolute Gasteiger partial charge is 0.487 e. The molecule has 0 spiro atoms. The standard InChI is InChI=1S/C29H34FN3O5S/c1-19-7-5-6-8-25(19)22-9-14-28-26(15-22)38-27(20(2)16-33(21(3)18-34)39(28,36)37)17-32(4)29(35)31-24-12-10-23(30)11-13-24/h5-15,20-21,27,34H,16-18H2,1-4H3,(H,31,35)/t20-,21+,27+/m1/s1. The van der Waals surface area contributed by atoms with Crippen LogP contribution in [0.3, 0.4) is 0 Å². The van der Waals surface area contributed by atoms with Crippen LogP contribution in [-0.2, 0) is 10.0 Å². The molecular formula is C29H34FN3O5S. The first kappa shape index (κ1) is 28.5. The Balaban J connectivity index is 1.69. The quantitative estimate of drug-likeness (QED) is 0.458. The summed E-state index contributed by atoms with van der Waals surface area (Å²) in [5.74, 6) is -0.543. The molecule has 0 saturated heterocycles. The number of fused-ring (bicyclic) bond motifs is 1. The van der Waals surface area contributed by atoms with Gasteiger partial charge in [-0.15, -0.1) is 0 Å². The van der Waals surface area contributed by atoms with Gasteiger partial charge in [-0.05, 0) is 66.9 Å². The maximum atomic E-state index is 13.7. The van der Waals surface area contributed by atoms with Crippen molar-refractivity contribution in [1.82, 2.24) is 9.21 Å². The van der Waals surface area contributed by atoms with Crippen molar-refractivity contribution in [3.05, 3.63) is 78.1 Å². The number of nitrogens with one attached hydrogen (secondary N) is 1. The predicted molar refractivity (Wildman–Crippen MR) is 149 cm³/mol. The van der Waals surface area contributed by atoms with Crippen LogP contribution >= 0.6 is 0 Å². The summed E-state index contributed by atoms with van der Waals surface area (Å²) in [5, 5.41) is 12.6. The Kier molecular flexibility index (Phi) is 8.58. The molecule has 1 aliphatic rings. The fourth-order valence-electron chi connectivity index (χ4n) is 4.61. The Labute approximate surface area is 229 Å². The highest BCUT2D eigenvalue weighted by molar-refractivity contribution is 7.89. The maximum absolute atomic E-state index is 13.7. The SMILES string of the molecule is Cc1ccccc1-c1ccc2c(c1)O[C@@H](CN(C)C(=O)Nc1ccc(F)cc1)[C@H](C)CN([C@@H](C)CO)S2(=O)=O. The Morgan fingerprint density at radius 1 is 1.18 bits per heavy atom. The molecular weight excluding hydrogens is 521 g/mol. The van der Waals surface area contributed by atoms with E-state index >= 15 is 0 Å². The van der Waals surface area contributed by atoms with Gasteiger partial charge in [0.05, 0.1) is 13.2 Å². The third-order valence-corrected chi connectivity index (χ3v) is 9.04. The van der Waals surface area contributed by atoms with Gasteiger partial charge in [-0.3, -0.25) is 0 Å². The summed E-state index contributed by atoms with van der Waals surface area (Å²) in [4.78, 5) is 14.4. The van der Waals surface area contributed by atoms with Gasteiger partial charge in [-0.25, -0.2) is 17.6 Å². The molecule has 1 aliphatic heterocycles. The number of aliphatic hydroxyl groups excluding tert-OH is 1. The maximum Gasteiger partial charge on any atom is 0.321 e. The predicted octanol–water partition coefficient (Wildman–Crippen LogP) is 4.73. The number of sulfonamides is 1. The number of carbonyl (C=O) groups excluding carboxylic acids is 1. The van der Waals surface area contributed by atoms with Crippen LogP contribution in [0.25, 0.3) is 11.1 Å². The number of hydrogen-bond acceptors (Lipinski definition) is 5. The molecule has 0 saturated carbocycles. The fourth-order valence-corrected chi connectivity index (χ4v) is 6.44. The van der Waals surface area contributed by atoms with Gasteiger partial charge in [0.25, 0.3) is 0 Å². The van der Waals surface area contributed by atoms with E-state index in [1.165, 1.54) is 33.5 Å². The average Bonchev–Trinajstić information content (AvgIpc) is 2.91. The van der Waals surface area contributed by atoms with E-state index in [2.05, 4.69) is 5.32 Å². The van der Waals surface area contributed by atoms with Crippen LogP contribution in [0.15, 0.2) is 71.6 Å². The number of carbonyl (C=O) groups is 1. The molecule has 3 aromatic rings. The van der Waals surface area contributed by atoms with Gasteiger partial charge in [-0.1, -0.05) is 37.3 Å². The lowest BCUT2D eigenvalue weighted by atomic mass is 10.00. The van der Waals surface area contributed by atoms with E-state index in [1.54, 1.807) is 32.2 Å². The number of amides is 2. The first-order chi connectivity index (χ1) is 18.5.